The number of amides is 5. The first-order valence-corrected chi connectivity index (χ1v) is 31.3. The number of likely N-dealkylation sites (N-methyl/N-ethyl adjacent to an activating group) is 2. The minimum atomic E-state index is -0.817. The zero-order valence-corrected chi connectivity index (χ0v) is 52.3. The van der Waals surface area contributed by atoms with Gasteiger partial charge in [0.15, 0.2) is 5.13 Å². The summed E-state index contributed by atoms with van der Waals surface area (Å²) in [5.74, 6) is 8.05. The van der Waals surface area contributed by atoms with E-state index in [1.54, 1.807) is 59.0 Å². The van der Waals surface area contributed by atoms with Gasteiger partial charge in [0.1, 0.15) is 35.6 Å². The van der Waals surface area contributed by atoms with Crippen molar-refractivity contribution in [3.05, 3.63) is 162 Å². The molecule has 1 atom stereocenters. The summed E-state index contributed by atoms with van der Waals surface area (Å²) < 4.78 is 35.1. The number of hydrazone groups is 1. The maximum absolute atomic E-state index is 14.1. The van der Waals surface area contributed by atoms with Crippen LogP contribution in [-0.4, -0.2) is 186 Å². The van der Waals surface area contributed by atoms with Crippen molar-refractivity contribution in [3.8, 4) is 23.0 Å². The number of aryl methyl sites for hydroxylation is 1. The summed E-state index contributed by atoms with van der Waals surface area (Å²) in [6.07, 6.45) is 11.8. The molecule has 0 bridgehead atoms. The van der Waals surface area contributed by atoms with Crippen molar-refractivity contribution in [1.29, 1.82) is 0 Å². The summed E-state index contributed by atoms with van der Waals surface area (Å²) in [5.41, 5.74) is 4.38. The average molecular weight is 1240 g/mol. The van der Waals surface area contributed by atoms with Crippen LogP contribution in [0.3, 0.4) is 0 Å². The molecular formula is C67H87N11O10S. The van der Waals surface area contributed by atoms with Crippen LogP contribution in [0.4, 0.5) is 15.6 Å². The molecule has 1 aromatic heterocycles. The molecule has 7 rings (SSSR count). The lowest BCUT2D eigenvalue weighted by Gasteiger charge is -2.32. The summed E-state index contributed by atoms with van der Waals surface area (Å²) in [5, 5.41) is 14.6. The molecule has 5 N–H and O–H groups in total. The lowest BCUT2D eigenvalue weighted by atomic mass is 10.0. The largest absolute Gasteiger partial charge is 0.494 e. The number of para-hydroxylation sites is 1. The molecule has 1 saturated heterocycles. The number of carbonyl (C=O) groups excluding carboxylic acids is 4. The van der Waals surface area contributed by atoms with Crippen molar-refractivity contribution >= 4 is 57.8 Å². The number of unbranched alkanes of at least 4 members (excludes halogenated alkanes) is 1. The minimum Gasteiger partial charge on any atom is -0.494 e. The molecule has 5 aromatic rings. The molecular weight excluding hydrogens is 1150 g/mol. The van der Waals surface area contributed by atoms with Crippen LogP contribution >= 0.6 is 11.3 Å². The normalized spacial score (nSPS) is 14.1. The van der Waals surface area contributed by atoms with Crippen LogP contribution in [0, 0.1) is 0 Å². The van der Waals surface area contributed by atoms with Crippen LogP contribution in [0.25, 0.3) is 0 Å². The maximum atomic E-state index is 14.1. The van der Waals surface area contributed by atoms with Crippen molar-refractivity contribution in [2.75, 3.05) is 130 Å². The number of allylic oxidation sites excluding steroid dienone is 2. The first-order chi connectivity index (χ1) is 43.5. The van der Waals surface area contributed by atoms with E-state index in [-0.39, 0.29) is 43.1 Å². The molecule has 1 saturated carbocycles. The molecule has 0 radical (unpaired) electrons. The molecule has 476 valence electrons. The molecule has 1 aliphatic carbocycles. The molecule has 22 heteroatoms. The van der Waals surface area contributed by atoms with Gasteiger partial charge in [0.2, 0.25) is 17.7 Å². The lowest BCUT2D eigenvalue weighted by Crippen LogP contribution is -2.47. The van der Waals surface area contributed by atoms with Gasteiger partial charge >= 0.3 is 6.03 Å². The third-order valence-corrected chi connectivity index (χ3v) is 15.4. The van der Waals surface area contributed by atoms with Crippen LogP contribution in [0.5, 0.6) is 23.0 Å². The summed E-state index contributed by atoms with van der Waals surface area (Å²) in [6.45, 7) is 16.8. The Morgan fingerprint density at radius 2 is 1.44 bits per heavy atom. The minimum absolute atomic E-state index is 0.0201. The highest BCUT2D eigenvalue weighted by molar-refractivity contribution is 7.14. The van der Waals surface area contributed by atoms with Crippen molar-refractivity contribution in [2.24, 2.45) is 15.9 Å². The van der Waals surface area contributed by atoms with E-state index in [9.17, 15) is 19.2 Å². The van der Waals surface area contributed by atoms with Gasteiger partial charge in [-0.25, -0.2) is 9.78 Å². The second-order valence-electron chi connectivity index (χ2n) is 21.5. The highest BCUT2D eigenvalue weighted by Gasteiger charge is 2.41. The van der Waals surface area contributed by atoms with Crippen LogP contribution in [0.2, 0.25) is 0 Å². The fourth-order valence-corrected chi connectivity index (χ4v) is 10.1. The number of aromatic nitrogens is 1. The number of thiazole rings is 1. The van der Waals surface area contributed by atoms with Gasteiger partial charge in [0, 0.05) is 75.4 Å². The predicted molar refractivity (Wildman–Crippen MR) is 351 cm³/mol. The van der Waals surface area contributed by atoms with Gasteiger partial charge in [-0.3, -0.25) is 24.7 Å². The number of benzene rings is 4. The molecule has 1 aliphatic heterocycles. The molecule has 89 heavy (non-hydrogen) atoms. The molecule has 2 fully saturated rings. The fraction of sp³-hybridized carbons (Fsp3) is 0.418. The monoisotopic (exact) mass is 1240 g/mol. The number of anilines is 2. The molecule has 2 aliphatic rings. The van der Waals surface area contributed by atoms with E-state index >= 15 is 0 Å². The third-order valence-electron chi connectivity index (χ3n) is 14.6. The highest BCUT2D eigenvalue weighted by atomic mass is 32.1. The van der Waals surface area contributed by atoms with Gasteiger partial charge in [0.25, 0.3) is 0 Å². The Morgan fingerprint density at radius 3 is 2.15 bits per heavy atom. The number of urea groups is 1. The van der Waals surface area contributed by atoms with E-state index in [2.05, 4.69) is 61.0 Å². The summed E-state index contributed by atoms with van der Waals surface area (Å²) in [7, 11) is 4.13. The number of nitrogens with two attached hydrogens (primary N) is 1. The van der Waals surface area contributed by atoms with Crippen LogP contribution in [-0.2, 0) is 41.4 Å². The number of rotatable bonds is 40. The van der Waals surface area contributed by atoms with Gasteiger partial charge in [-0.1, -0.05) is 73.9 Å². The van der Waals surface area contributed by atoms with E-state index in [4.69, 9.17) is 34.3 Å². The van der Waals surface area contributed by atoms with Crippen LogP contribution in [0.1, 0.15) is 61.4 Å². The Hall–Kier alpha value is -8.25. The van der Waals surface area contributed by atoms with Gasteiger partial charge in [-0.15, -0.1) is 11.3 Å². The number of ether oxygens (including phenoxy) is 6. The van der Waals surface area contributed by atoms with Gasteiger partial charge in [-0.2, -0.15) is 5.10 Å². The zero-order chi connectivity index (χ0) is 62.8. The molecule has 21 nitrogen and oxygen atoms in total. The SMILES string of the molecule is C=C/C=C(\C=C)CNC(=O)C(c1ccc(Oc2ccccc2)cc1)N(C(=O)CCc1ccc(OCCCCN(C)CCOCCOCC/C(C=NCCOCCOc2ccc(NC(=O)Nc3nc(CC(=O)N4CCN(C)CC4)cs3)cc2)=N/N)cc1)C1CC1. The van der Waals surface area contributed by atoms with E-state index < -0.39 is 12.1 Å². The number of aliphatic imine (C=N–C) groups is 1. The summed E-state index contributed by atoms with van der Waals surface area (Å²) >= 11 is 1.28. The quantitative estimate of drug-likeness (QED) is 0.00942. The lowest BCUT2D eigenvalue weighted by molar-refractivity contribution is -0.141. The highest BCUT2D eigenvalue weighted by Crippen LogP contribution is 2.37. The number of carbonyl (C=O) groups is 4. The second kappa shape index (κ2) is 38.2. The molecule has 4 aromatic carbocycles. The Bertz CT molecular complexity index is 3060. The smallest absolute Gasteiger partial charge is 0.325 e. The summed E-state index contributed by atoms with van der Waals surface area (Å²) in [6, 6.07) is 30.5. The van der Waals surface area contributed by atoms with Gasteiger partial charge in [0.05, 0.1) is 70.6 Å². The van der Waals surface area contributed by atoms with Crippen molar-refractivity contribution < 1.29 is 47.6 Å². The maximum Gasteiger partial charge on any atom is 0.325 e. The number of hydrogen-bond acceptors (Lipinski definition) is 17. The first-order valence-electron chi connectivity index (χ1n) is 30.4. The third kappa shape index (κ3) is 25.0. The number of hydrogen-bond donors (Lipinski definition) is 4. The average Bonchev–Trinajstić information content (AvgIpc) is 2.95. The standard InChI is InChI=1S/C67H87N11O10S/c1-5-12-51(6-2)48-70-65(81)64(53-18-26-61(27-19-53)88-60-13-8-7-9-14-60)78(57-22-23-57)62(79)30-17-52-15-24-58(25-16-52)86-39-11-10-33-75(3)38-42-85-44-43-83-40-31-55(74-68)49-69-32-41-84-45-46-87-59-28-20-54(21-29-59)71-66(82)73-67-72-56(50-89-67)47-63(80)77-36-34-76(4)35-37-77/h5-9,12-16,18-21,24-29,49-50,57,64H,1-2,10-11,17,22-23,30-48,68H2,3-4H3,(H,70,81)(H2,71,72,73,82)/b51-12+,69-49?,74-55-. The zero-order valence-electron chi connectivity index (χ0n) is 51.4. The van der Waals surface area contributed by atoms with Gasteiger partial charge in [-0.05, 0) is 130 Å². The number of nitrogens with one attached hydrogen (secondary N) is 3. The number of nitrogens with zero attached hydrogens (tertiary/aromatic N) is 7. The Kier molecular flexibility index (Phi) is 29.3. The molecule has 0 spiro atoms. The number of piperazine rings is 1. The Balaban J connectivity index is 0.675. The predicted octanol–water partition coefficient (Wildman–Crippen LogP) is 8.97. The van der Waals surface area contributed by atoms with Crippen molar-refractivity contribution in [3.63, 3.8) is 0 Å². The van der Waals surface area contributed by atoms with Crippen LogP contribution < -0.4 is 36.0 Å². The fourth-order valence-electron chi connectivity index (χ4n) is 9.40. The molecule has 5 amide bonds. The summed E-state index contributed by atoms with van der Waals surface area (Å²) in [4.78, 5) is 70.3. The van der Waals surface area contributed by atoms with E-state index in [0.717, 1.165) is 68.7 Å². The van der Waals surface area contributed by atoms with Gasteiger partial charge < -0.3 is 64.5 Å². The van der Waals surface area contributed by atoms with E-state index in [1.165, 1.54) is 11.3 Å². The van der Waals surface area contributed by atoms with Crippen LogP contribution in [0.15, 0.2) is 156 Å². The second-order valence-corrected chi connectivity index (χ2v) is 22.4. The Morgan fingerprint density at radius 1 is 0.764 bits per heavy atom. The van der Waals surface area contributed by atoms with Crippen molar-refractivity contribution in [2.45, 2.75) is 63.5 Å². The van der Waals surface area contributed by atoms with E-state index in [1.807, 2.05) is 90.8 Å². The topological polar surface area (TPSA) is 236 Å². The first kappa shape index (κ1) is 68.2. The van der Waals surface area contributed by atoms with Crippen molar-refractivity contribution in [1.82, 2.24) is 29.9 Å². The Labute approximate surface area is 527 Å². The molecule has 2 heterocycles. The van der Waals surface area contributed by atoms with E-state index in [0.29, 0.717) is 130 Å². The molecule has 1 unspecified atom stereocenters.